The molecular weight excluding hydrogens is 174 g/mol. The summed E-state index contributed by atoms with van der Waals surface area (Å²) in [5, 5.41) is 1.90. The van der Waals surface area contributed by atoms with Crippen molar-refractivity contribution in [2.75, 3.05) is 13.2 Å². The number of rotatable bonds is 3. The van der Waals surface area contributed by atoms with E-state index in [9.17, 15) is 0 Å². The Balaban J connectivity index is 1.74. The van der Waals surface area contributed by atoms with Gasteiger partial charge in [-0.1, -0.05) is 0 Å². The molecule has 0 radical (unpaired) electrons. The van der Waals surface area contributed by atoms with Gasteiger partial charge in [0.1, 0.15) is 12.4 Å². The van der Waals surface area contributed by atoms with E-state index in [0.717, 1.165) is 25.2 Å². The summed E-state index contributed by atoms with van der Waals surface area (Å²) in [6, 6.07) is 0. The molecule has 0 aromatic carbocycles. The van der Waals surface area contributed by atoms with Gasteiger partial charge >= 0.3 is 0 Å². The lowest BCUT2D eigenvalue weighted by atomic mass is 10.2. The second-order valence-electron chi connectivity index (χ2n) is 2.81. The van der Waals surface area contributed by atoms with Crippen molar-refractivity contribution in [2.24, 2.45) is 0 Å². The fourth-order valence-corrected chi connectivity index (χ4v) is 1.69. The molecule has 0 bridgehead atoms. The Kier molecular flexibility index (Phi) is 2.58. The third-order valence-electron chi connectivity index (χ3n) is 1.87. The second kappa shape index (κ2) is 3.87. The van der Waals surface area contributed by atoms with Gasteiger partial charge in [-0.25, -0.2) is 0 Å². The molecule has 0 spiro atoms. The van der Waals surface area contributed by atoms with Gasteiger partial charge in [0.25, 0.3) is 0 Å². The average Bonchev–Trinajstić information content (AvgIpc) is 2.74. The van der Waals surface area contributed by atoms with Crippen LogP contribution in [0, 0.1) is 0 Å². The lowest BCUT2D eigenvalue weighted by Crippen LogP contribution is -2.15. The van der Waals surface area contributed by atoms with Crippen LogP contribution in [0.4, 0.5) is 0 Å². The Morgan fingerprint density at radius 3 is 3.42 bits per heavy atom. The molecule has 3 nitrogen and oxygen atoms in total. The highest BCUT2D eigenvalue weighted by atomic mass is 32.1. The summed E-state index contributed by atoms with van der Waals surface area (Å²) in [4.78, 5) is 0. The van der Waals surface area contributed by atoms with Crippen LogP contribution in [-0.4, -0.2) is 23.7 Å². The van der Waals surface area contributed by atoms with Gasteiger partial charge in [0.2, 0.25) is 0 Å². The number of ether oxygens (including phenoxy) is 2. The molecule has 2 heterocycles. The largest absolute Gasteiger partial charge is 0.488 e. The fraction of sp³-hybridized carbons (Fsp3) is 0.625. The molecule has 1 aliphatic rings. The summed E-state index contributed by atoms with van der Waals surface area (Å²) in [6.07, 6.45) is 4.32. The molecule has 1 aromatic heterocycles. The Morgan fingerprint density at radius 1 is 1.75 bits per heavy atom. The molecule has 4 heteroatoms. The molecule has 1 unspecified atom stereocenters. The van der Waals surface area contributed by atoms with Gasteiger partial charge in [-0.2, -0.15) is 4.37 Å². The molecule has 1 atom stereocenters. The van der Waals surface area contributed by atoms with Crippen LogP contribution in [0.25, 0.3) is 0 Å². The molecule has 2 rings (SSSR count). The van der Waals surface area contributed by atoms with Crippen molar-refractivity contribution in [3.8, 4) is 5.75 Å². The minimum absolute atomic E-state index is 0.296. The summed E-state index contributed by atoms with van der Waals surface area (Å²) in [5.41, 5.74) is 0. The summed E-state index contributed by atoms with van der Waals surface area (Å²) in [5.74, 6) is 0.857. The van der Waals surface area contributed by atoms with E-state index in [0.29, 0.717) is 12.7 Å². The molecule has 12 heavy (non-hydrogen) atoms. The third kappa shape index (κ3) is 1.95. The van der Waals surface area contributed by atoms with Crippen molar-refractivity contribution in [3.05, 3.63) is 11.6 Å². The molecule has 0 amide bonds. The highest BCUT2D eigenvalue weighted by Crippen LogP contribution is 2.16. The third-order valence-corrected chi connectivity index (χ3v) is 2.43. The summed E-state index contributed by atoms with van der Waals surface area (Å²) < 4.78 is 14.8. The predicted molar refractivity (Wildman–Crippen MR) is 46.6 cm³/mol. The van der Waals surface area contributed by atoms with Crippen LogP contribution >= 0.6 is 11.5 Å². The van der Waals surface area contributed by atoms with Gasteiger partial charge in [0.15, 0.2) is 0 Å². The number of aromatic nitrogens is 1. The van der Waals surface area contributed by atoms with Gasteiger partial charge in [0, 0.05) is 6.61 Å². The SMILES string of the molecule is c1nscc1OCC1CCCO1. The van der Waals surface area contributed by atoms with E-state index in [1.807, 2.05) is 5.38 Å². The first kappa shape index (κ1) is 8.01. The van der Waals surface area contributed by atoms with Crippen LogP contribution in [-0.2, 0) is 4.74 Å². The Bertz CT molecular complexity index is 219. The first-order chi connectivity index (χ1) is 5.95. The highest BCUT2D eigenvalue weighted by molar-refractivity contribution is 7.03. The second-order valence-corrected chi connectivity index (χ2v) is 3.46. The molecule has 1 saturated heterocycles. The van der Waals surface area contributed by atoms with Crippen LogP contribution in [0.5, 0.6) is 5.75 Å². The van der Waals surface area contributed by atoms with E-state index in [1.165, 1.54) is 11.5 Å². The van der Waals surface area contributed by atoms with Gasteiger partial charge < -0.3 is 9.47 Å². The van der Waals surface area contributed by atoms with Crippen molar-refractivity contribution in [1.29, 1.82) is 0 Å². The predicted octanol–water partition coefficient (Wildman–Crippen LogP) is 1.70. The van der Waals surface area contributed by atoms with E-state index in [4.69, 9.17) is 9.47 Å². The van der Waals surface area contributed by atoms with Gasteiger partial charge in [-0.15, -0.1) is 0 Å². The van der Waals surface area contributed by atoms with E-state index in [1.54, 1.807) is 6.20 Å². The maximum Gasteiger partial charge on any atom is 0.150 e. The molecule has 0 saturated carbocycles. The zero-order valence-corrected chi connectivity index (χ0v) is 7.55. The molecule has 1 aromatic rings. The highest BCUT2D eigenvalue weighted by Gasteiger charge is 2.15. The molecule has 0 aliphatic carbocycles. The average molecular weight is 185 g/mol. The zero-order chi connectivity index (χ0) is 8.23. The van der Waals surface area contributed by atoms with Crippen LogP contribution < -0.4 is 4.74 Å². The van der Waals surface area contributed by atoms with Crippen molar-refractivity contribution >= 4 is 11.5 Å². The minimum atomic E-state index is 0.296. The summed E-state index contributed by atoms with van der Waals surface area (Å²) in [6.45, 7) is 1.55. The van der Waals surface area contributed by atoms with Crippen LogP contribution in [0.2, 0.25) is 0 Å². The zero-order valence-electron chi connectivity index (χ0n) is 6.73. The first-order valence-corrected chi connectivity index (χ1v) is 4.92. The smallest absolute Gasteiger partial charge is 0.150 e. The van der Waals surface area contributed by atoms with Crippen molar-refractivity contribution in [3.63, 3.8) is 0 Å². The van der Waals surface area contributed by atoms with Crippen molar-refractivity contribution < 1.29 is 9.47 Å². The Morgan fingerprint density at radius 2 is 2.75 bits per heavy atom. The normalized spacial score (nSPS) is 22.8. The monoisotopic (exact) mass is 185 g/mol. The van der Waals surface area contributed by atoms with Crippen LogP contribution in [0.1, 0.15) is 12.8 Å². The van der Waals surface area contributed by atoms with Crippen LogP contribution in [0.15, 0.2) is 11.6 Å². The molecule has 0 N–H and O–H groups in total. The Labute approximate surface area is 75.5 Å². The van der Waals surface area contributed by atoms with Gasteiger partial charge in [0.05, 0.1) is 17.7 Å². The number of hydrogen-bond acceptors (Lipinski definition) is 4. The van der Waals surface area contributed by atoms with Gasteiger partial charge in [-0.05, 0) is 24.4 Å². The lowest BCUT2D eigenvalue weighted by Gasteiger charge is -2.08. The maximum absolute atomic E-state index is 5.45. The quantitative estimate of drug-likeness (QED) is 0.718. The van der Waals surface area contributed by atoms with E-state index in [-0.39, 0.29) is 0 Å². The minimum Gasteiger partial charge on any atom is -0.488 e. The number of nitrogens with zero attached hydrogens (tertiary/aromatic N) is 1. The van der Waals surface area contributed by atoms with Crippen molar-refractivity contribution in [1.82, 2.24) is 4.37 Å². The van der Waals surface area contributed by atoms with E-state index in [2.05, 4.69) is 4.37 Å². The maximum atomic E-state index is 5.45. The Hall–Kier alpha value is -0.610. The first-order valence-electron chi connectivity index (χ1n) is 4.09. The molecular formula is C8H11NO2S. The topological polar surface area (TPSA) is 31.4 Å². The summed E-state index contributed by atoms with van der Waals surface area (Å²) >= 11 is 1.41. The van der Waals surface area contributed by atoms with Gasteiger partial charge in [-0.3, -0.25) is 0 Å². The lowest BCUT2D eigenvalue weighted by molar-refractivity contribution is 0.0680. The number of hydrogen-bond donors (Lipinski definition) is 0. The molecule has 1 fully saturated rings. The summed E-state index contributed by atoms with van der Waals surface area (Å²) in [7, 11) is 0. The van der Waals surface area contributed by atoms with Crippen LogP contribution in [0.3, 0.4) is 0 Å². The molecule has 1 aliphatic heterocycles. The van der Waals surface area contributed by atoms with E-state index >= 15 is 0 Å². The van der Waals surface area contributed by atoms with Crippen molar-refractivity contribution in [2.45, 2.75) is 18.9 Å². The van der Waals surface area contributed by atoms with E-state index < -0.39 is 0 Å². The molecule has 66 valence electrons. The standard InChI is InChI=1S/C8H11NO2S/c1-2-7(10-3-1)5-11-8-4-9-12-6-8/h4,6-7H,1-3,5H2. The fourth-order valence-electron chi connectivity index (χ4n) is 1.23.